The fraction of sp³-hybridized carbons (Fsp3) is 0.400. The lowest BCUT2D eigenvalue weighted by molar-refractivity contribution is -0.127. The number of imidazole rings is 1. The van der Waals surface area contributed by atoms with Crippen LogP contribution in [0.15, 0.2) is 23.2 Å². The second kappa shape index (κ2) is 6.93. The number of nitrogens with one attached hydrogen (secondary N) is 3. The summed E-state index contributed by atoms with van der Waals surface area (Å²) in [5.41, 5.74) is 3.14. The highest BCUT2D eigenvalue weighted by atomic mass is 16.2. The van der Waals surface area contributed by atoms with E-state index in [0.717, 1.165) is 16.9 Å². The molecule has 0 aliphatic carbocycles. The van der Waals surface area contributed by atoms with Crippen molar-refractivity contribution >= 4 is 22.9 Å². The van der Waals surface area contributed by atoms with Crippen molar-refractivity contribution in [3.05, 3.63) is 29.6 Å². The van der Waals surface area contributed by atoms with Crippen molar-refractivity contribution in [3.63, 3.8) is 0 Å². The molecule has 3 N–H and O–H groups in total. The van der Waals surface area contributed by atoms with Gasteiger partial charge in [-0.15, -0.1) is 0 Å². The molecule has 0 spiro atoms. The van der Waals surface area contributed by atoms with E-state index in [9.17, 15) is 4.79 Å². The van der Waals surface area contributed by atoms with Gasteiger partial charge in [0.2, 0.25) is 5.91 Å². The molecule has 0 fully saturated rings. The number of nitrogens with zero attached hydrogens (tertiary/aromatic N) is 3. The number of fused-ring (bicyclic) bond motifs is 1. The Hall–Kier alpha value is -2.57. The van der Waals surface area contributed by atoms with Gasteiger partial charge in [0.25, 0.3) is 0 Å². The van der Waals surface area contributed by atoms with Gasteiger partial charge in [-0.3, -0.25) is 9.79 Å². The molecular weight excluding hydrogens is 280 g/mol. The van der Waals surface area contributed by atoms with Crippen LogP contribution in [0, 0.1) is 6.92 Å². The first-order chi connectivity index (χ1) is 10.5. The van der Waals surface area contributed by atoms with Gasteiger partial charge in [0.15, 0.2) is 5.96 Å². The van der Waals surface area contributed by atoms with E-state index in [2.05, 4.69) is 31.7 Å². The minimum atomic E-state index is -0.0119. The van der Waals surface area contributed by atoms with Crippen LogP contribution < -0.4 is 10.6 Å². The average molecular weight is 302 g/mol. The van der Waals surface area contributed by atoms with Gasteiger partial charge in [-0.2, -0.15) is 0 Å². The molecule has 2 aromatic rings. The number of likely N-dealkylation sites (N-methyl/N-ethyl adjacent to an activating group) is 1. The minimum absolute atomic E-state index is 0.0119. The molecule has 0 saturated carbocycles. The van der Waals surface area contributed by atoms with E-state index < -0.39 is 0 Å². The minimum Gasteiger partial charge on any atom is -0.349 e. The van der Waals surface area contributed by atoms with E-state index in [0.29, 0.717) is 12.5 Å². The molecule has 0 saturated heterocycles. The Morgan fingerprint density at radius 3 is 2.82 bits per heavy atom. The number of benzene rings is 1. The Morgan fingerprint density at radius 1 is 1.36 bits per heavy atom. The number of amides is 1. The van der Waals surface area contributed by atoms with Gasteiger partial charge in [-0.25, -0.2) is 4.98 Å². The van der Waals surface area contributed by atoms with Crippen LogP contribution in [0.25, 0.3) is 11.0 Å². The summed E-state index contributed by atoms with van der Waals surface area (Å²) in [6.07, 6.45) is 0. The Kier molecular flexibility index (Phi) is 4.98. The first kappa shape index (κ1) is 15.8. The summed E-state index contributed by atoms with van der Waals surface area (Å²) >= 11 is 0. The maximum absolute atomic E-state index is 11.5. The van der Waals surface area contributed by atoms with E-state index >= 15 is 0 Å². The number of carbonyl (C=O) groups is 1. The van der Waals surface area contributed by atoms with E-state index in [1.54, 1.807) is 21.1 Å². The highest BCUT2D eigenvalue weighted by Crippen LogP contribution is 2.12. The number of hydrogen-bond acceptors (Lipinski definition) is 3. The smallest absolute Gasteiger partial charge is 0.241 e. The monoisotopic (exact) mass is 302 g/mol. The van der Waals surface area contributed by atoms with E-state index in [4.69, 9.17) is 0 Å². The van der Waals surface area contributed by atoms with Gasteiger partial charge in [0.05, 0.1) is 24.1 Å². The molecule has 7 heteroatoms. The molecule has 118 valence electrons. The molecule has 0 unspecified atom stereocenters. The number of aliphatic imine (C=N–C) groups is 1. The van der Waals surface area contributed by atoms with Crippen LogP contribution in [-0.2, 0) is 11.3 Å². The zero-order valence-electron chi connectivity index (χ0n) is 13.4. The first-order valence-corrected chi connectivity index (χ1v) is 7.09. The van der Waals surface area contributed by atoms with E-state index in [1.165, 1.54) is 10.5 Å². The Bertz CT molecular complexity index is 688. The van der Waals surface area contributed by atoms with Crippen molar-refractivity contribution in [1.82, 2.24) is 25.5 Å². The lowest BCUT2D eigenvalue weighted by Crippen LogP contribution is -2.42. The number of aromatic amines is 1. The second-order valence-electron chi connectivity index (χ2n) is 5.27. The number of rotatable bonds is 4. The summed E-state index contributed by atoms with van der Waals surface area (Å²) in [5, 5.41) is 6.10. The molecule has 7 nitrogen and oxygen atoms in total. The fourth-order valence-electron chi connectivity index (χ4n) is 1.97. The number of aryl methyl sites for hydroxylation is 1. The van der Waals surface area contributed by atoms with Crippen molar-refractivity contribution in [2.45, 2.75) is 13.5 Å². The lowest BCUT2D eigenvalue weighted by atomic mass is 10.2. The van der Waals surface area contributed by atoms with Crippen LogP contribution in [0.5, 0.6) is 0 Å². The summed E-state index contributed by atoms with van der Waals surface area (Å²) in [4.78, 5) is 24.9. The van der Waals surface area contributed by atoms with Crippen molar-refractivity contribution in [3.8, 4) is 0 Å². The Morgan fingerprint density at radius 2 is 2.14 bits per heavy atom. The third-order valence-electron chi connectivity index (χ3n) is 3.24. The lowest BCUT2D eigenvalue weighted by Gasteiger charge is -2.13. The highest BCUT2D eigenvalue weighted by Gasteiger charge is 2.07. The Labute approximate surface area is 129 Å². The van der Waals surface area contributed by atoms with Crippen LogP contribution in [-0.4, -0.2) is 54.4 Å². The standard InChI is InChI=1S/C15H22N6O/c1-10-5-6-11-12(7-10)20-13(19-11)8-17-15(16-2)18-9-14(22)21(3)4/h5-7H,8-9H2,1-4H3,(H,19,20)(H2,16,17,18). The topological polar surface area (TPSA) is 85.4 Å². The molecule has 0 bridgehead atoms. The first-order valence-electron chi connectivity index (χ1n) is 7.09. The summed E-state index contributed by atoms with van der Waals surface area (Å²) in [7, 11) is 5.10. The third-order valence-corrected chi connectivity index (χ3v) is 3.24. The maximum Gasteiger partial charge on any atom is 0.241 e. The number of aromatic nitrogens is 2. The number of hydrogen-bond donors (Lipinski definition) is 3. The van der Waals surface area contributed by atoms with Gasteiger partial charge >= 0.3 is 0 Å². The SMILES string of the molecule is CN=C(NCC(=O)N(C)C)NCc1nc2ccc(C)cc2[nH]1. The van der Waals surface area contributed by atoms with Crippen molar-refractivity contribution in [2.24, 2.45) is 4.99 Å². The maximum atomic E-state index is 11.5. The van der Waals surface area contributed by atoms with Gasteiger partial charge in [0, 0.05) is 21.1 Å². The molecule has 0 aliphatic heterocycles. The molecule has 1 heterocycles. The van der Waals surface area contributed by atoms with Crippen LogP contribution >= 0.6 is 0 Å². The predicted octanol–water partition coefficient (Wildman–Crippen LogP) is 0.625. The molecule has 22 heavy (non-hydrogen) atoms. The zero-order valence-corrected chi connectivity index (χ0v) is 13.4. The summed E-state index contributed by atoms with van der Waals surface area (Å²) in [5.74, 6) is 1.37. The zero-order chi connectivity index (χ0) is 16.1. The highest BCUT2D eigenvalue weighted by molar-refractivity contribution is 5.86. The van der Waals surface area contributed by atoms with E-state index in [1.807, 2.05) is 19.1 Å². The van der Waals surface area contributed by atoms with Gasteiger partial charge < -0.3 is 20.5 Å². The Balaban J connectivity index is 1.93. The van der Waals surface area contributed by atoms with Crippen molar-refractivity contribution < 1.29 is 4.79 Å². The second-order valence-corrected chi connectivity index (χ2v) is 5.27. The average Bonchev–Trinajstić information content (AvgIpc) is 2.88. The quantitative estimate of drug-likeness (QED) is 0.571. The number of H-pyrrole nitrogens is 1. The molecule has 1 amide bonds. The van der Waals surface area contributed by atoms with Crippen LogP contribution in [0.1, 0.15) is 11.4 Å². The van der Waals surface area contributed by atoms with Gasteiger partial charge in [-0.05, 0) is 24.6 Å². The van der Waals surface area contributed by atoms with Gasteiger partial charge in [-0.1, -0.05) is 6.07 Å². The molecule has 2 rings (SSSR count). The van der Waals surface area contributed by atoms with Crippen molar-refractivity contribution in [2.75, 3.05) is 27.7 Å². The molecule has 1 aromatic carbocycles. The van der Waals surface area contributed by atoms with Gasteiger partial charge in [0.1, 0.15) is 5.82 Å². The van der Waals surface area contributed by atoms with Crippen LogP contribution in [0.4, 0.5) is 0 Å². The normalized spacial score (nSPS) is 11.5. The van der Waals surface area contributed by atoms with Crippen LogP contribution in [0.2, 0.25) is 0 Å². The van der Waals surface area contributed by atoms with Crippen molar-refractivity contribution in [1.29, 1.82) is 0 Å². The third kappa shape index (κ3) is 3.97. The molecule has 0 atom stereocenters. The summed E-state index contributed by atoms with van der Waals surface area (Å²) in [6, 6.07) is 6.09. The fourth-order valence-corrected chi connectivity index (χ4v) is 1.97. The number of guanidine groups is 1. The largest absolute Gasteiger partial charge is 0.349 e. The molecule has 1 aromatic heterocycles. The summed E-state index contributed by atoms with van der Waals surface area (Å²) in [6.45, 7) is 2.75. The molecule has 0 aliphatic rings. The van der Waals surface area contributed by atoms with E-state index in [-0.39, 0.29) is 12.5 Å². The van der Waals surface area contributed by atoms with Crippen LogP contribution in [0.3, 0.4) is 0 Å². The molecular formula is C15H22N6O. The number of carbonyl (C=O) groups excluding carboxylic acids is 1. The summed E-state index contributed by atoms with van der Waals surface area (Å²) < 4.78 is 0. The molecule has 0 radical (unpaired) electrons. The predicted molar refractivity (Wildman–Crippen MR) is 87.7 cm³/mol.